The number of amides is 1. The van der Waals surface area contributed by atoms with Crippen LogP contribution in [0.1, 0.15) is 60.3 Å². The van der Waals surface area contributed by atoms with Crippen molar-refractivity contribution in [3.63, 3.8) is 0 Å². The highest BCUT2D eigenvalue weighted by Gasteiger charge is 2.49. The molecule has 0 spiro atoms. The van der Waals surface area contributed by atoms with E-state index in [9.17, 15) is 14.7 Å². The molecule has 2 N–H and O–H groups in total. The first-order valence-electron chi connectivity index (χ1n) is 9.98. The molecule has 1 amide bonds. The minimum absolute atomic E-state index is 0.0283. The number of aromatic nitrogens is 2. The average Bonchev–Trinajstić information content (AvgIpc) is 3.03. The molecule has 3 aliphatic rings. The zero-order chi connectivity index (χ0) is 19.9. The smallest absolute Gasteiger partial charge is 0.292 e. The minimum atomic E-state index is -0.544. The summed E-state index contributed by atoms with van der Waals surface area (Å²) in [5.74, 6) is -1.06. The van der Waals surface area contributed by atoms with Crippen LogP contribution >= 0.6 is 0 Å². The number of aliphatic hydroxyl groups is 1. The number of aryl methyl sites for hydroxylation is 1. The lowest BCUT2D eigenvalue weighted by Crippen LogP contribution is -2.58. The van der Waals surface area contributed by atoms with Gasteiger partial charge in [0, 0.05) is 12.1 Å². The fourth-order valence-corrected chi connectivity index (χ4v) is 4.89. The normalized spacial score (nSPS) is 26.2. The molecule has 148 valence electrons. The molecule has 0 radical (unpaired) electrons. The number of hydrogen-bond donors (Lipinski definition) is 2. The Bertz CT molecular complexity index is 892. The second-order valence-electron chi connectivity index (χ2n) is 8.51. The van der Waals surface area contributed by atoms with Crippen LogP contribution in [0.15, 0.2) is 30.3 Å². The third-order valence-corrected chi connectivity index (χ3v) is 6.84. The molecule has 1 aromatic heterocycles. The number of hydrogen-bond acceptors (Lipinski definition) is 4. The van der Waals surface area contributed by atoms with Crippen molar-refractivity contribution < 1.29 is 14.7 Å². The van der Waals surface area contributed by atoms with E-state index in [0.717, 1.165) is 44.2 Å². The number of aliphatic hydroxyl groups excluding tert-OH is 1. The van der Waals surface area contributed by atoms with Crippen molar-refractivity contribution in [2.75, 3.05) is 6.61 Å². The van der Waals surface area contributed by atoms with Gasteiger partial charge in [0.25, 0.3) is 11.7 Å². The van der Waals surface area contributed by atoms with Crippen molar-refractivity contribution in [1.82, 2.24) is 15.1 Å². The van der Waals surface area contributed by atoms with E-state index < -0.39 is 11.7 Å². The molecule has 3 fully saturated rings. The molecule has 6 heteroatoms. The van der Waals surface area contributed by atoms with E-state index in [2.05, 4.69) is 10.4 Å². The maximum absolute atomic E-state index is 13.0. The summed E-state index contributed by atoms with van der Waals surface area (Å²) in [6, 6.07) is 9.59. The molecular weight excluding hydrogens is 354 g/mol. The first-order chi connectivity index (χ1) is 13.4. The Labute approximate surface area is 164 Å². The summed E-state index contributed by atoms with van der Waals surface area (Å²) in [4.78, 5) is 25.8. The van der Waals surface area contributed by atoms with Crippen LogP contribution in [0.2, 0.25) is 0 Å². The molecule has 2 aromatic rings. The molecule has 6 nitrogen and oxygen atoms in total. The van der Waals surface area contributed by atoms with Crippen molar-refractivity contribution in [2.45, 2.75) is 57.9 Å². The molecule has 3 aliphatic carbocycles. The van der Waals surface area contributed by atoms with Crippen LogP contribution in [0.5, 0.6) is 0 Å². The van der Waals surface area contributed by atoms with Gasteiger partial charge < -0.3 is 10.4 Å². The molecule has 1 heterocycles. The maximum atomic E-state index is 13.0. The summed E-state index contributed by atoms with van der Waals surface area (Å²) in [5.41, 5.74) is 2.20. The third-order valence-electron chi connectivity index (χ3n) is 6.84. The van der Waals surface area contributed by atoms with E-state index >= 15 is 0 Å². The van der Waals surface area contributed by atoms with Gasteiger partial charge in [-0.1, -0.05) is 18.2 Å². The van der Waals surface area contributed by atoms with Gasteiger partial charge in [-0.15, -0.1) is 0 Å². The molecule has 0 saturated heterocycles. The molecule has 0 unspecified atom stereocenters. The number of carbonyl (C=O) groups is 2. The first-order valence-corrected chi connectivity index (χ1v) is 9.98. The predicted octanol–water partition coefficient (Wildman–Crippen LogP) is 2.87. The number of nitrogens with one attached hydrogen (secondary N) is 1. The molecule has 1 aromatic carbocycles. The van der Waals surface area contributed by atoms with Crippen LogP contribution in [0, 0.1) is 19.3 Å². The Morgan fingerprint density at radius 1 is 1.07 bits per heavy atom. The van der Waals surface area contributed by atoms with Crippen LogP contribution < -0.4 is 5.32 Å². The van der Waals surface area contributed by atoms with Gasteiger partial charge in [-0.05, 0) is 69.9 Å². The fourth-order valence-electron chi connectivity index (χ4n) is 4.89. The topological polar surface area (TPSA) is 84.2 Å². The van der Waals surface area contributed by atoms with Crippen LogP contribution in [0.25, 0.3) is 5.69 Å². The maximum Gasteiger partial charge on any atom is 0.292 e. The number of para-hydroxylation sites is 1. The zero-order valence-corrected chi connectivity index (χ0v) is 16.5. The van der Waals surface area contributed by atoms with Gasteiger partial charge in [0.05, 0.1) is 22.6 Å². The Hall–Kier alpha value is -2.47. The monoisotopic (exact) mass is 381 g/mol. The number of Topliss-reactive ketones (excluding diaryl/α,β-unsaturated/α-hetero) is 1. The average molecular weight is 381 g/mol. The summed E-state index contributed by atoms with van der Waals surface area (Å²) in [6.45, 7) is 3.80. The quantitative estimate of drug-likeness (QED) is 0.616. The van der Waals surface area contributed by atoms with Gasteiger partial charge in [-0.2, -0.15) is 5.10 Å². The molecule has 5 rings (SSSR count). The fraction of sp³-hybridized carbons (Fsp3) is 0.500. The Morgan fingerprint density at radius 3 is 2.25 bits per heavy atom. The number of carbonyl (C=O) groups excluding carboxylic acids is 2. The standard InChI is InChI=1S/C22H27N3O3/c1-15-18(16(2)25(24-15)17-6-4-3-5-7-17)19(27)20(28)23-22-11-8-21(14-26,9-12-22)10-13-22/h3-7,26H,8-14H2,1-2H3,(H,23,28). The van der Waals surface area contributed by atoms with E-state index in [1.54, 1.807) is 11.6 Å². The number of benzene rings is 1. The van der Waals surface area contributed by atoms with Gasteiger partial charge in [0.15, 0.2) is 0 Å². The summed E-state index contributed by atoms with van der Waals surface area (Å²) in [7, 11) is 0. The number of rotatable bonds is 5. The van der Waals surface area contributed by atoms with Gasteiger partial charge >= 0.3 is 0 Å². The third kappa shape index (κ3) is 3.05. The van der Waals surface area contributed by atoms with Crippen molar-refractivity contribution >= 4 is 11.7 Å². The number of fused-ring (bicyclic) bond motifs is 3. The van der Waals surface area contributed by atoms with E-state index in [-0.39, 0.29) is 17.6 Å². The summed E-state index contributed by atoms with van der Waals surface area (Å²) in [6.07, 6.45) is 5.20. The van der Waals surface area contributed by atoms with Crippen LogP contribution in [-0.2, 0) is 4.79 Å². The largest absolute Gasteiger partial charge is 0.396 e. The SMILES string of the molecule is Cc1nn(-c2ccccc2)c(C)c1C(=O)C(=O)NC12CCC(CO)(CC1)CC2. The summed E-state index contributed by atoms with van der Waals surface area (Å²) >= 11 is 0. The van der Waals surface area contributed by atoms with Gasteiger partial charge in [0.2, 0.25) is 0 Å². The first kappa shape index (κ1) is 18.9. The molecule has 0 atom stereocenters. The number of ketones is 1. The van der Waals surface area contributed by atoms with E-state index in [0.29, 0.717) is 17.0 Å². The Balaban J connectivity index is 1.54. The van der Waals surface area contributed by atoms with Crippen molar-refractivity contribution in [2.24, 2.45) is 5.41 Å². The molecule has 28 heavy (non-hydrogen) atoms. The van der Waals surface area contributed by atoms with Crippen molar-refractivity contribution in [3.8, 4) is 5.69 Å². The van der Waals surface area contributed by atoms with Crippen molar-refractivity contribution in [1.29, 1.82) is 0 Å². The van der Waals surface area contributed by atoms with E-state index in [1.807, 2.05) is 37.3 Å². The lowest BCUT2D eigenvalue weighted by atomic mass is 9.57. The van der Waals surface area contributed by atoms with Crippen LogP contribution in [-0.4, -0.2) is 38.7 Å². The van der Waals surface area contributed by atoms with E-state index in [4.69, 9.17) is 0 Å². The number of nitrogens with zero attached hydrogens (tertiary/aromatic N) is 2. The predicted molar refractivity (Wildman–Crippen MR) is 105 cm³/mol. The highest BCUT2D eigenvalue weighted by Crippen LogP contribution is 2.51. The Morgan fingerprint density at radius 2 is 1.68 bits per heavy atom. The Kier molecular flexibility index (Phi) is 4.62. The highest BCUT2D eigenvalue weighted by atomic mass is 16.3. The molecular formula is C22H27N3O3. The second kappa shape index (κ2) is 6.85. The van der Waals surface area contributed by atoms with Gasteiger partial charge in [-0.3, -0.25) is 9.59 Å². The van der Waals surface area contributed by atoms with Crippen LogP contribution in [0.4, 0.5) is 0 Å². The zero-order valence-electron chi connectivity index (χ0n) is 16.5. The summed E-state index contributed by atoms with van der Waals surface area (Å²) in [5, 5.41) is 17.2. The summed E-state index contributed by atoms with van der Waals surface area (Å²) < 4.78 is 1.71. The minimum Gasteiger partial charge on any atom is -0.396 e. The van der Waals surface area contributed by atoms with Gasteiger partial charge in [0.1, 0.15) is 0 Å². The van der Waals surface area contributed by atoms with Gasteiger partial charge in [-0.25, -0.2) is 4.68 Å². The molecule has 0 aliphatic heterocycles. The van der Waals surface area contributed by atoms with E-state index in [1.165, 1.54) is 0 Å². The molecule has 3 saturated carbocycles. The van der Waals surface area contributed by atoms with Crippen molar-refractivity contribution in [3.05, 3.63) is 47.3 Å². The lowest BCUT2D eigenvalue weighted by Gasteiger charge is -2.53. The lowest BCUT2D eigenvalue weighted by molar-refractivity contribution is -0.121. The highest BCUT2D eigenvalue weighted by molar-refractivity contribution is 6.43. The van der Waals surface area contributed by atoms with Crippen LogP contribution in [0.3, 0.4) is 0 Å². The second-order valence-corrected chi connectivity index (χ2v) is 8.51. The molecule has 2 bridgehead atoms.